The quantitative estimate of drug-likeness (QED) is 0.920. The summed E-state index contributed by atoms with van der Waals surface area (Å²) in [5, 5.41) is 3.59. The van der Waals surface area contributed by atoms with Crippen molar-refractivity contribution in [1.29, 1.82) is 0 Å². The number of halogens is 1. The zero-order chi connectivity index (χ0) is 13.8. The highest BCUT2D eigenvalue weighted by atomic mass is 79.9. The van der Waals surface area contributed by atoms with Crippen LogP contribution in [0.5, 0.6) is 5.75 Å². The molecular formula is C15H23BrN2O. The molecule has 1 saturated heterocycles. The van der Waals surface area contributed by atoms with E-state index in [1.165, 1.54) is 5.56 Å². The molecular weight excluding hydrogens is 304 g/mol. The van der Waals surface area contributed by atoms with Crippen molar-refractivity contribution in [1.82, 2.24) is 10.2 Å². The Labute approximate surface area is 124 Å². The van der Waals surface area contributed by atoms with Gasteiger partial charge in [0.25, 0.3) is 0 Å². The number of rotatable bonds is 4. The summed E-state index contributed by atoms with van der Waals surface area (Å²) in [6.45, 7) is 8.83. The minimum atomic E-state index is 0.595. The van der Waals surface area contributed by atoms with Gasteiger partial charge in [0.05, 0.1) is 7.11 Å². The zero-order valence-electron chi connectivity index (χ0n) is 11.9. The van der Waals surface area contributed by atoms with Crippen LogP contribution in [0.15, 0.2) is 22.7 Å². The van der Waals surface area contributed by atoms with Crippen molar-refractivity contribution in [2.45, 2.75) is 26.4 Å². The van der Waals surface area contributed by atoms with Gasteiger partial charge in [0.2, 0.25) is 0 Å². The van der Waals surface area contributed by atoms with E-state index in [0.717, 1.165) is 36.4 Å². The Morgan fingerprint density at radius 2 is 2.26 bits per heavy atom. The summed E-state index contributed by atoms with van der Waals surface area (Å²) < 4.78 is 6.47. The van der Waals surface area contributed by atoms with E-state index >= 15 is 0 Å². The van der Waals surface area contributed by atoms with Crippen molar-refractivity contribution in [3.63, 3.8) is 0 Å². The summed E-state index contributed by atoms with van der Waals surface area (Å²) in [7, 11) is 1.71. The Balaban J connectivity index is 2.04. The minimum absolute atomic E-state index is 0.595. The van der Waals surface area contributed by atoms with Gasteiger partial charge in [-0.3, -0.25) is 4.90 Å². The van der Waals surface area contributed by atoms with Gasteiger partial charge in [0, 0.05) is 36.7 Å². The van der Waals surface area contributed by atoms with E-state index in [1.54, 1.807) is 7.11 Å². The molecule has 0 saturated carbocycles. The predicted molar refractivity (Wildman–Crippen MR) is 82.6 cm³/mol. The molecule has 4 heteroatoms. The van der Waals surface area contributed by atoms with Gasteiger partial charge >= 0.3 is 0 Å². The Hall–Kier alpha value is -0.580. The maximum Gasteiger partial charge on any atom is 0.119 e. The molecule has 1 atom stereocenters. The van der Waals surface area contributed by atoms with Crippen LogP contribution in [0.3, 0.4) is 0 Å². The number of benzene rings is 1. The first kappa shape index (κ1) is 14.8. The minimum Gasteiger partial charge on any atom is -0.497 e. The molecule has 0 bridgehead atoms. The first-order valence-electron chi connectivity index (χ1n) is 6.88. The molecule has 1 N–H and O–H groups in total. The van der Waals surface area contributed by atoms with Gasteiger partial charge in [-0.2, -0.15) is 0 Å². The molecule has 19 heavy (non-hydrogen) atoms. The number of ether oxygens (including phenoxy) is 1. The van der Waals surface area contributed by atoms with E-state index in [9.17, 15) is 0 Å². The average molecular weight is 327 g/mol. The van der Waals surface area contributed by atoms with Gasteiger partial charge in [-0.15, -0.1) is 0 Å². The van der Waals surface area contributed by atoms with Gasteiger partial charge < -0.3 is 10.1 Å². The second-order valence-corrected chi connectivity index (χ2v) is 6.35. The van der Waals surface area contributed by atoms with Gasteiger partial charge in [-0.25, -0.2) is 0 Å². The third-order valence-corrected chi connectivity index (χ3v) is 4.51. The summed E-state index contributed by atoms with van der Waals surface area (Å²) >= 11 is 3.63. The molecule has 0 aliphatic carbocycles. The van der Waals surface area contributed by atoms with Crippen LogP contribution in [0.4, 0.5) is 0 Å². The number of nitrogens with one attached hydrogen (secondary N) is 1. The molecule has 3 nitrogen and oxygen atoms in total. The Morgan fingerprint density at radius 1 is 1.47 bits per heavy atom. The van der Waals surface area contributed by atoms with Gasteiger partial charge in [-0.05, 0) is 29.7 Å². The van der Waals surface area contributed by atoms with Crippen LogP contribution in [0.25, 0.3) is 0 Å². The van der Waals surface area contributed by atoms with Gasteiger partial charge in [-0.1, -0.05) is 29.8 Å². The van der Waals surface area contributed by atoms with E-state index in [1.807, 2.05) is 6.07 Å². The van der Waals surface area contributed by atoms with Crippen LogP contribution in [0.1, 0.15) is 19.4 Å². The van der Waals surface area contributed by atoms with Gasteiger partial charge in [0.1, 0.15) is 5.75 Å². The third kappa shape index (κ3) is 3.94. The van der Waals surface area contributed by atoms with Crippen LogP contribution in [-0.4, -0.2) is 37.7 Å². The summed E-state index contributed by atoms with van der Waals surface area (Å²) in [4.78, 5) is 2.51. The fourth-order valence-electron chi connectivity index (χ4n) is 2.47. The van der Waals surface area contributed by atoms with Crippen LogP contribution in [-0.2, 0) is 6.54 Å². The number of nitrogens with zero attached hydrogens (tertiary/aromatic N) is 1. The number of piperazine rings is 1. The number of hydrogen-bond donors (Lipinski definition) is 1. The van der Waals surface area contributed by atoms with Crippen molar-refractivity contribution >= 4 is 15.9 Å². The first-order chi connectivity index (χ1) is 9.10. The molecule has 1 aromatic rings. The summed E-state index contributed by atoms with van der Waals surface area (Å²) in [5.41, 5.74) is 1.30. The van der Waals surface area contributed by atoms with Crippen molar-refractivity contribution in [2.75, 3.05) is 26.7 Å². The maximum atomic E-state index is 5.31. The van der Waals surface area contributed by atoms with Crippen LogP contribution in [0.2, 0.25) is 0 Å². The molecule has 0 radical (unpaired) electrons. The lowest BCUT2D eigenvalue weighted by molar-refractivity contribution is 0.168. The SMILES string of the molecule is COc1ccc(Br)c(CN2CCNC(C(C)C)C2)c1. The zero-order valence-corrected chi connectivity index (χ0v) is 13.5. The standard InChI is InChI=1S/C15H23BrN2O/c1-11(2)15-10-18(7-6-17-15)9-12-8-13(19-3)4-5-14(12)16/h4-5,8,11,15,17H,6-7,9-10H2,1-3H3. The summed E-state index contributed by atoms with van der Waals surface area (Å²) in [6, 6.07) is 6.77. The molecule has 1 unspecified atom stereocenters. The first-order valence-corrected chi connectivity index (χ1v) is 7.67. The lowest BCUT2D eigenvalue weighted by Gasteiger charge is -2.36. The largest absolute Gasteiger partial charge is 0.497 e. The third-order valence-electron chi connectivity index (χ3n) is 3.74. The molecule has 1 fully saturated rings. The fourth-order valence-corrected chi connectivity index (χ4v) is 2.84. The maximum absolute atomic E-state index is 5.31. The lowest BCUT2D eigenvalue weighted by Crippen LogP contribution is -2.52. The fraction of sp³-hybridized carbons (Fsp3) is 0.600. The Morgan fingerprint density at radius 3 is 2.95 bits per heavy atom. The van der Waals surface area contributed by atoms with Crippen LogP contribution < -0.4 is 10.1 Å². The molecule has 106 valence electrons. The van der Waals surface area contributed by atoms with Crippen molar-refractivity contribution in [3.05, 3.63) is 28.2 Å². The molecule has 1 aliphatic rings. The normalized spacial score (nSPS) is 20.8. The average Bonchev–Trinajstić information content (AvgIpc) is 2.41. The highest BCUT2D eigenvalue weighted by Crippen LogP contribution is 2.24. The smallest absolute Gasteiger partial charge is 0.119 e. The highest BCUT2D eigenvalue weighted by molar-refractivity contribution is 9.10. The van der Waals surface area contributed by atoms with Crippen LogP contribution in [0, 0.1) is 5.92 Å². The Bertz CT molecular complexity index is 423. The number of methoxy groups -OCH3 is 1. The monoisotopic (exact) mass is 326 g/mol. The second kappa shape index (κ2) is 6.73. The van der Waals surface area contributed by atoms with E-state index in [0.29, 0.717) is 12.0 Å². The van der Waals surface area contributed by atoms with Crippen molar-refractivity contribution < 1.29 is 4.74 Å². The van der Waals surface area contributed by atoms with E-state index in [-0.39, 0.29) is 0 Å². The molecule has 1 aliphatic heterocycles. The molecule has 0 spiro atoms. The molecule has 0 amide bonds. The molecule has 1 aromatic carbocycles. The van der Waals surface area contributed by atoms with Gasteiger partial charge in [0.15, 0.2) is 0 Å². The summed E-state index contributed by atoms with van der Waals surface area (Å²) in [5.74, 6) is 1.60. The summed E-state index contributed by atoms with van der Waals surface area (Å²) in [6.07, 6.45) is 0. The predicted octanol–water partition coefficient (Wildman–Crippen LogP) is 2.89. The Kier molecular flexibility index (Phi) is 5.25. The second-order valence-electron chi connectivity index (χ2n) is 5.50. The number of hydrogen-bond acceptors (Lipinski definition) is 3. The highest BCUT2D eigenvalue weighted by Gasteiger charge is 2.22. The lowest BCUT2D eigenvalue weighted by atomic mass is 10.0. The molecule has 1 heterocycles. The van der Waals surface area contributed by atoms with Crippen molar-refractivity contribution in [2.24, 2.45) is 5.92 Å². The van der Waals surface area contributed by atoms with E-state index in [2.05, 4.69) is 52.1 Å². The molecule has 0 aromatic heterocycles. The topological polar surface area (TPSA) is 24.5 Å². The van der Waals surface area contributed by atoms with E-state index in [4.69, 9.17) is 4.74 Å². The van der Waals surface area contributed by atoms with E-state index < -0.39 is 0 Å². The van der Waals surface area contributed by atoms with Crippen molar-refractivity contribution in [3.8, 4) is 5.75 Å². The molecule has 2 rings (SSSR count). The van der Waals surface area contributed by atoms with Crippen LogP contribution >= 0.6 is 15.9 Å².